The van der Waals surface area contributed by atoms with E-state index in [-0.39, 0.29) is 4.90 Å². The highest BCUT2D eigenvalue weighted by Crippen LogP contribution is 2.30. The standard InChI is InChI=1S/C8H6F3O2S/c9-8(10,11)14(13)7-3-1-6(5-12)2-4-7/h1-4H,5H2. The fraction of sp³-hybridized carbons (Fsp3) is 0.250. The van der Waals surface area contributed by atoms with Crippen LogP contribution in [-0.2, 0) is 22.9 Å². The predicted octanol–water partition coefficient (Wildman–Crippen LogP) is 2.24. The molecule has 1 rings (SSSR count). The minimum Gasteiger partial charge on any atom is -0.604 e. The van der Waals surface area contributed by atoms with Gasteiger partial charge in [-0.05, 0) is 17.7 Å². The van der Waals surface area contributed by atoms with Crippen LogP contribution in [0.15, 0.2) is 29.2 Å². The number of alkyl halides is 3. The highest BCUT2D eigenvalue weighted by atomic mass is 32.2. The van der Waals surface area contributed by atoms with Gasteiger partial charge in [-0.3, -0.25) is 0 Å². The van der Waals surface area contributed by atoms with Gasteiger partial charge in [0, 0.05) is 0 Å². The Labute approximate surface area is 81.5 Å². The van der Waals surface area contributed by atoms with E-state index in [2.05, 4.69) is 0 Å². The SMILES string of the molecule is [O]Cc1ccc([S+]([O-])C(F)(F)F)cc1. The third-order valence-corrected chi connectivity index (χ3v) is 2.64. The van der Waals surface area contributed by atoms with Crippen molar-refractivity contribution in [1.29, 1.82) is 0 Å². The van der Waals surface area contributed by atoms with Crippen LogP contribution in [-0.4, -0.2) is 10.1 Å². The molecular weight excluding hydrogens is 217 g/mol. The number of benzene rings is 1. The molecule has 0 spiro atoms. The number of halogens is 3. The molecule has 0 fully saturated rings. The van der Waals surface area contributed by atoms with Crippen molar-refractivity contribution in [2.75, 3.05) is 0 Å². The van der Waals surface area contributed by atoms with Gasteiger partial charge in [0.05, 0.1) is 11.2 Å². The maximum absolute atomic E-state index is 12.0. The summed E-state index contributed by atoms with van der Waals surface area (Å²) in [6.07, 6.45) is 0. The summed E-state index contributed by atoms with van der Waals surface area (Å²) in [7, 11) is 0. The lowest BCUT2D eigenvalue weighted by atomic mass is 10.2. The maximum atomic E-state index is 12.0. The molecular formula is C8H6F3O2S. The molecule has 0 aliphatic rings. The topological polar surface area (TPSA) is 43.0 Å². The summed E-state index contributed by atoms with van der Waals surface area (Å²) in [5.41, 5.74) is -4.38. The Morgan fingerprint density at radius 2 is 1.71 bits per heavy atom. The van der Waals surface area contributed by atoms with E-state index in [0.29, 0.717) is 5.56 Å². The fourth-order valence-corrected chi connectivity index (χ4v) is 1.49. The van der Waals surface area contributed by atoms with Gasteiger partial charge in [0.2, 0.25) is 0 Å². The molecule has 1 unspecified atom stereocenters. The first-order chi connectivity index (χ1) is 6.45. The molecule has 1 aromatic carbocycles. The molecule has 2 nitrogen and oxygen atoms in total. The van der Waals surface area contributed by atoms with Crippen molar-refractivity contribution in [1.82, 2.24) is 0 Å². The molecule has 0 aliphatic carbocycles. The Morgan fingerprint density at radius 3 is 2.07 bits per heavy atom. The molecule has 1 atom stereocenters. The Kier molecular flexibility index (Phi) is 3.41. The quantitative estimate of drug-likeness (QED) is 0.709. The van der Waals surface area contributed by atoms with Gasteiger partial charge in [0.25, 0.3) is 0 Å². The van der Waals surface area contributed by atoms with Gasteiger partial charge in [0.15, 0.2) is 4.90 Å². The molecule has 0 saturated heterocycles. The lowest BCUT2D eigenvalue weighted by Crippen LogP contribution is -2.23. The summed E-state index contributed by atoms with van der Waals surface area (Å²) in [6.45, 7) is -0.501. The minimum atomic E-state index is -4.75. The summed E-state index contributed by atoms with van der Waals surface area (Å²) in [5, 5.41) is 10.3. The second kappa shape index (κ2) is 4.20. The van der Waals surface area contributed by atoms with Crippen LogP contribution in [0.25, 0.3) is 0 Å². The summed E-state index contributed by atoms with van der Waals surface area (Å²) >= 11 is -3.01. The van der Waals surface area contributed by atoms with Crippen molar-refractivity contribution in [2.45, 2.75) is 17.0 Å². The minimum absolute atomic E-state index is 0.338. The van der Waals surface area contributed by atoms with E-state index in [1.54, 1.807) is 0 Å². The van der Waals surface area contributed by atoms with Gasteiger partial charge in [-0.15, -0.1) is 13.2 Å². The van der Waals surface area contributed by atoms with Gasteiger partial charge >= 0.3 is 5.51 Å². The van der Waals surface area contributed by atoms with Crippen LogP contribution in [0.2, 0.25) is 0 Å². The molecule has 14 heavy (non-hydrogen) atoms. The number of rotatable bonds is 2. The van der Waals surface area contributed by atoms with Crippen LogP contribution in [0.1, 0.15) is 5.56 Å². The molecule has 0 bridgehead atoms. The predicted molar refractivity (Wildman–Crippen MR) is 43.3 cm³/mol. The van der Waals surface area contributed by atoms with Gasteiger partial charge < -0.3 is 4.55 Å². The molecule has 0 aliphatic heterocycles. The first-order valence-corrected chi connectivity index (χ1v) is 4.76. The maximum Gasteiger partial charge on any atom is 0.578 e. The van der Waals surface area contributed by atoms with Gasteiger partial charge in [-0.1, -0.05) is 12.1 Å². The highest BCUT2D eigenvalue weighted by molar-refractivity contribution is 7.92. The van der Waals surface area contributed by atoms with Crippen LogP contribution in [0, 0.1) is 0 Å². The van der Waals surface area contributed by atoms with Crippen molar-refractivity contribution in [3.05, 3.63) is 29.8 Å². The fourth-order valence-electron chi connectivity index (χ4n) is 0.843. The van der Waals surface area contributed by atoms with Crippen LogP contribution in [0.3, 0.4) is 0 Å². The summed E-state index contributed by atoms with van der Waals surface area (Å²) in [4.78, 5) is -0.338. The highest BCUT2D eigenvalue weighted by Gasteiger charge is 2.45. The molecule has 0 saturated carbocycles. The molecule has 0 aromatic heterocycles. The van der Waals surface area contributed by atoms with Gasteiger partial charge in [-0.25, -0.2) is 5.11 Å². The Bertz CT molecular complexity index is 296. The van der Waals surface area contributed by atoms with E-state index >= 15 is 0 Å². The molecule has 77 valence electrons. The monoisotopic (exact) mass is 223 g/mol. The van der Waals surface area contributed by atoms with Gasteiger partial charge in [-0.2, -0.15) is 0 Å². The van der Waals surface area contributed by atoms with E-state index in [1.165, 1.54) is 12.1 Å². The zero-order valence-electron chi connectivity index (χ0n) is 6.88. The van der Waals surface area contributed by atoms with E-state index < -0.39 is 23.3 Å². The van der Waals surface area contributed by atoms with Gasteiger partial charge in [0.1, 0.15) is 6.61 Å². The third kappa shape index (κ3) is 2.63. The molecule has 0 heterocycles. The Balaban J connectivity index is 2.87. The van der Waals surface area contributed by atoms with E-state index in [1.807, 2.05) is 0 Å². The zero-order chi connectivity index (χ0) is 10.8. The van der Waals surface area contributed by atoms with E-state index in [4.69, 9.17) is 0 Å². The number of hydrogen-bond donors (Lipinski definition) is 0. The lowest BCUT2D eigenvalue weighted by molar-refractivity contribution is -0.0435. The second-order valence-corrected chi connectivity index (χ2v) is 3.97. The first kappa shape index (κ1) is 11.4. The van der Waals surface area contributed by atoms with Crippen molar-refractivity contribution >= 4 is 11.2 Å². The van der Waals surface area contributed by atoms with Crippen LogP contribution in [0.4, 0.5) is 13.2 Å². The summed E-state index contributed by atoms with van der Waals surface area (Å²) < 4.78 is 46.6. The largest absolute Gasteiger partial charge is 0.604 e. The summed E-state index contributed by atoms with van der Waals surface area (Å²) in [6, 6.07) is 4.59. The zero-order valence-corrected chi connectivity index (χ0v) is 7.69. The Morgan fingerprint density at radius 1 is 1.21 bits per heavy atom. The first-order valence-electron chi connectivity index (χ1n) is 3.61. The average Bonchev–Trinajstić information content (AvgIpc) is 2.15. The molecule has 0 amide bonds. The van der Waals surface area contributed by atoms with Crippen molar-refractivity contribution in [2.24, 2.45) is 0 Å². The third-order valence-electron chi connectivity index (χ3n) is 1.51. The average molecular weight is 223 g/mol. The second-order valence-electron chi connectivity index (χ2n) is 2.50. The van der Waals surface area contributed by atoms with Crippen molar-refractivity contribution < 1.29 is 22.8 Å². The Hall–Kier alpha value is -0.720. The van der Waals surface area contributed by atoms with Crippen LogP contribution in [0.5, 0.6) is 0 Å². The molecule has 6 heteroatoms. The van der Waals surface area contributed by atoms with Crippen LogP contribution >= 0.6 is 0 Å². The van der Waals surface area contributed by atoms with Crippen LogP contribution < -0.4 is 0 Å². The normalized spacial score (nSPS) is 14.1. The van der Waals surface area contributed by atoms with Crippen molar-refractivity contribution in [3.63, 3.8) is 0 Å². The summed E-state index contributed by atoms with van der Waals surface area (Å²) in [5.74, 6) is 0. The van der Waals surface area contributed by atoms with Crippen molar-refractivity contribution in [3.8, 4) is 0 Å². The molecule has 0 N–H and O–H groups in total. The molecule has 1 radical (unpaired) electrons. The number of hydrogen-bond acceptors (Lipinski definition) is 1. The smallest absolute Gasteiger partial charge is 0.578 e. The molecule has 1 aromatic rings. The van der Waals surface area contributed by atoms with E-state index in [9.17, 15) is 22.8 Å². The van der Waals surface area contributed by atoms with E-state index in [0.717, 1.165) is 12.1 Å². The lowest BCUT2D eigenvalue weighted by Gasteiger charge is -2.11.